The number of benzene rings is 1. The van der Waals surface area contributed by atoms with Gasteiger partial charge in [0.1, 0.15) is 12.4 Å². The molecule has 0 saturated carbocycles. The smallest absolute Gasteiger partial charge is 0.119 e. The summed E-state index contributed by atoms with van der Waals surface area (Å²) in [6.07, 6.45) is 1.12. The van der Waals surface area contributed by atoms with Crippen LogP contribution < -0.4 is 10.1 Å². The van der Waals surface area contributed by atoms with Gasteiger partial charge in [-0.05, 0) is 43.4 Å². The van der Waals surface area contributed by atoms with Crippen LogP contribution in [0.5, 0.6) is 5.75 Å². The van der Waals surface area contributed by atoms with Crippen molar-refractivity contribution in [2.45, 2.75) is 58.9 Å². The van der Waals surface area contributed by atoms with Crippen molar-refractivity contribution < 1.29 is 4.74 Å². The van der Waals surface area contributed by atoms with Crippen LogP contribution in [-0.4, -0.2) is 18.7 Å². The molecule has 2 heteroatoms. The highest BCUT2D eigenvalue weighted by Gasteiger charge is 2.14. The van der Waals surface area contributed by atoms with Crippen LogP contribution in [0.25, 0.3) is 0 Å². The molecule has 0 aliphatic heterocycles. The maximum absolute atomic E-state index is 5.82. The van der Waals surface area contributed by atoms with E-state index in [1.54, 1.807) is 0 Å². The molecule has 0 fully saturated rings. The highest BCUT2D eigenvalue weighted by atomic mass is 16.5. The highest BCUT2D eigenvalue weighted by molar-refractivity contribution is 5.32. The van der Waals surface area contributed by atoms with Crippen LogP contribution in [0, 0.1) is 0 Å². The second-order valence-electron chi connectivity index (χ2n) is 6.79. The third-order valence-corrected chi connectivity index (χ3v) is 3.56. The number of hydrogen-bond donors (Lipinski definition) is 1. The molecule has 0 bridgehead atoms. The Morgan fingerprint density at radius 3 is 2.37 bits per heavy atom. The highest BCUT2D eigenvalue weighted by Crippen LogP contribution is 2.25. The average molecular weight is 263 g/mol. The molecule has 0 heterocycles. The molecule has 19 heavy (non-hydrogen) atoms. The van der Waals surface area contributed by atoms with Crippen LogP contribution in [0.1, 0.15) is 53.5 Å². The molecule has 0 aliphatic rings. The monoisotopic (exact) mass is 263 g/mol. The van der Waals surface area contributed by atoms with Gasteiger partial charge in [0.05, 0.1) is 0 Å². The first kappa shape index (κ1) is 16.0. The zero-order valence-electron chi connectivity index (χ0n) is 13.3. The Balaban J connectivity index is 2.46. The van der Waals surface area contributed by atoms with E-state index in [9.17, 15) is 0 Å². The fraction of sp³-hybridized carbons (Fsp3) is 0.647. The van der Waals surface area contributed by atoms with E-state index < -0.39 is 0 Å². The molecule has 0 saturated heterocycles. The van der Waals surface area contributed by atoms with E-state index in [0.717, 1.165) is 18.7 Å². The molecular weight excluding hydrogens is 234 g/mol. The third kappa shape index (κ3) is 5.65. The van der Waals surface area contributed by atoms with Gasteiger partial charge in [-0.3, -0.25) is 0 Å². The SMILES string of the molecule is CCC(C)(C)NCCOc1cccc(C(C)(C)C)c1. The van der Waals surface area contributed by atoms with Gasteiger partial charge in [0.25, 0.3) is 0 Å². The molecule has 0 aliphatic carbocycles. The number of hydrogen-bond acceptors (Lipinski definition) is 2. The summed E-state index contributed by atoms with van der Waals surface area (Å²) >= 11 is 0. The normalized spacial score (nSPS) is 12.5. The lowest BCUT2D eigenvalue weighted by Crippen LogP contribution is -2.40. The molecule has 0 aromatic heterocycles. The van der Waals surface area contributed by atoms with E-state index in [1.807, 2.05) is 6.07 Å². The van der Waals surface area contributed by atoms with Crippen molar-refractivity contribution >= 4 is 0 Å². The Morgan fingerprint density at radius 1 is 1.11 bits per heavy atom. The Hall–Kier alpha value is -1.02. The first-order valence-electron chi connectivity index (χ1n) is 7.23. The summed E-state index contributed by atoms with van der Waals surface area (Å²) < 4.78 is 5.82. The fourth-order valence-electron chi connectivity index (χ4n) is 1.74. The maximum Gasteiger partial charge on any atom is 0.119 e. The lowest BCUT2D eigenvalue weighted by molar-refractivity contribution is 0.280. The molecule has 0 radical (unpaired) electrons. The zero-order chi connectivity index (χ0) is 14.5. The molecule has 1 aromatic rings. The molecule has 1 N–H and O–H groups in total. The van der Waals surface area contributed by atoms with Gasteiger partial charge >= 0.3 is 0 Å². The van der Waals surface area contributed by atoms with Crippen LogP contribution in [0.4, 0.5) is 0 Å². The van der Waals surface area contributed by atoms with Crippen molar-refractivity contribution in [1.82, 2.24) is 5.32 Å². The van der Waals surface area contributed by atoms with Gasteiger partial charge in [-0.2, -0.15) is 0 Å². The largest absolute Gasteiger partial charge is 0.492 e. The van der Waals surface area contributed by atoms with Crippen molar-refractivity contribution in [2.24, 2.45) is 0 Å². The van der Waals surface area contributed by atoms with Gasteiger partial charge in [0.2, 0.25) is 0 Å². The minimum atomic E-state index is 0.168. The summed E-state index contributed by atoms with van der Waals surface area (Å²) in [5.74, 6) is 0.962. The number of ether oxygens (including phenoxy) is 1. The fourth-order valence-corrected chi connectivity index (χ4v) is 1.74. The summed E-state index contributed by atoms with van der Waals surface area (Å²) in [4.78, 5) is 0. The molecule has 1 aromatic carbocycles. The van der Waals surface area contributed by atoms with Crippen molar-refractivity contribution in [2.75, 3.05) is 13.2 Å². The molecule has 0 unspecified atom stereocenters. The van der Waals surface area contributed by atoms with E-state index in [1.165, 1.54) is 5.56 Å². The molecule has 0 amide bonds. The summed E-state index contributed by atoms with van der Waals surface area (Å²) in [5.41, 5.74) is 1.67. The van der Waals surface area contributed by atoms with Gasteiger partial charge in [0, 0.05) is 12.1 Å². The predicted octanol–water partition coefficient (Wildman–Crippen LogP) is 4.14. The lowest BCUT2D eigenvalue weighted by Gasteiger charge is -2.24. The van der Waals surface area contributed by atoms with Gasteiger partial charge in [0.15, 0.2) is 0 Å². The maximum atomic E-state index is 5.82. The van der Waals surface area contributed by atoms with E-state index in [0.29, 0.717) is 6.61 Å². The minimum Gasteiger partial charge on any atom is -0.492 e. The van der Waals surface area contributed by atoms with E-state index in [4.69, 9.17) is 4.74 Å². The second-order valence-corrected chi connectivity index (χ2v) is 6.79. The van der Waals surface area contributed by atoms with Gasteiger partial charge < -0.3 is 10.1 Å². The molecule has 0 spiro atoms. The van der Waals surface area contributed by atoms with Crippen LogP contribution in [0.2, 0.25) is 0 Å². The Bertz CT molecular complexity index is 390. The summed E-state index contributed by atoms with van der Waals surface area (Å²) in [5, 5.41) is 3.50. The third-order valence-electron chi connectivity index (χ3n) is 3.56. The van der Waals surface area contributed by atoms with Gasteiger partial charge in [-0.1, -0.05) is 39.8 Å². The molecular formula is C17H29NO. The lowest BCUT2D eigenvalue weighted by atomic mass is 9.87. The van der Waals surface area contributed by atoms with Crippen molar-refractivity contribution in [3.63, 3.8) is 0 Å². The molecule has 2 nitrogen and oxygen atoms in total. The first-order chi connectivity index (χ1) is 8.74. The van der Waals surface area contributed by atoms with E-state index in [-0.39, 0.29) is 11.0 Å². The quantitative estimate of drug-likeness (QED) is 0.779. The average Bonchev–Trinajstić information content (AvgIpc) is 2.34. The standard InChI is InChI=1S/C17H29NO/c1-7-17(5,6)18-11-12-19-15-10-8-9-14(13-15)16(2,3)4/h8-10,13,18H,7,11-12H2,1-6H3. The zero-order valence-corrected chi connectivity index (χ0v) is 13.3. The Kier molecular flexibility index (Phi) is 5.42. The molecule has 108 valence electrons. The molecule has 1 rings (SSSR count). The van der Waals surface area contributed by atoms with Crippen LogP contribution in [-0.2, 0) is 5.41 Å². The summed E-state index contributed by atoms with van der Waals surface area (Å²) in [6, 6.07) is 8.40. The van der Waals surface area contributed by atoms with E-state index >= 15 is 0 Å². The summed E-state index contributed by atoms with van der Waals surface area (Å²) in [6.45, 7) is 14.9. The van der Waals surface area contributed by atoms with Gasteiger partial charge in [-0.15, -0.1) is 0 Å². The molecule has 0 atom stereocenters. The number of nitrogens with one attached hydrogen (secondary N) is 1. The first-order valence-corrected chi connectivity index (χ1v) is 7.23. The van der Waals surface area contributed by atoms with Crippen LogP contribution in [0.3, 0.4) is 0 Å². The van der Waals surface area contributed by atoms with Crippen molar-refractivity contribution in [3.8, 4) is 5.75 Å². The number of rotatable bonds is 6. The van der Waals surface area contributed by atoms with Crippen molar-refractivity contribution in [3.05, 3.63) is 29.8 Å². The summed E-state index contributed by atoms with van der Waals surface area (Å²) in [7, 11) is 0. The van der Waals surface area contributed by atoms with Crippen LogP contribution in [0.15, 0.2) is 24.3 Å². The van der Waals surface area contributed by atoms with Gasteiger partial charge in [-0.25, -0.2) is 0 Å². The Morgan fingerprint density at radius 2 is 1.79 bits per heavy atom. The second kappa shape index (κ2) is 6.42. The Labute approximate surface area is 118 Å². The predicted molar refractivity (Wildman–Crippen MR) is 83.0 cm³/mol. The topological polar surface area (TPSA) is 21.3 Å². The van der Waals surface area contributed by atoms with E-state index in [2.05, 4.69) is 65.1 Å². The van der Waals surface area contributed by atoms with Crippen LogP contribution >= 0.6 is 0 Å². The van der Waals surface area contributed by atoms with Crippen molar-refractivity contribution in [1.29, 1.82) is 0 Å². The minimum absolute atomic E-state index is 0.168.